The van der Waals surface area contributed by atoms with Gasteiger partial charge in [0.25, 0.3) is 0 Å². The van der Waals surface area contributed by atoms with Crippen LogP contribution < -0.4 is 0 Å². The van der Waals surface area contributed by atoms with Crippen LogP contribution in [0.5, 0.6) is 0 Å². The van der Waals surface area contributed by atoms with Crippen molar-refractivity contribution in [3.63, 3.8) is 0 Å². The highest BCUT2D eigenvalue weighted by molar-refractivity contribution is 5.30. The Kier molecular flexibility index (Phi) is 8.65. The largest absolute Gasteiger partial charge is 0.389 e. The minimum Gasteiger partial charge on any atom is -0.389 e. The summed E-state index contributed by atoms with van der Waals surface area (Å²) in [6.07, 6.45) is 6.94. The molecule has 0 fully saturated rings. The molecule has 0 aliphatic heterocycles. The van der Waals surface area contributed by atoms with Crippen molar-refractivity contribution < 1.29 is 5.11 Å². The number of allylic oxidation sites excluding steroid dienone is 1. The van der Waals surface area contributed by atoms with Crippen LogP contribution in [-0.4, -0.2) is 11.2 Å². The van der Waals surface area contributed by atoms with Crippen molar-refractivity contribution in [2.24, 2.45) is 0 Å². The summed E-state index contributed by atoms with van der Waals surface area (Å²) >= 11 is 0. The molecule has 0 saturated heterocycles. The Labute approximate surface area is 86.5 Å². The molecular weight excluding hydrogens is 172 g/mol. The topological polar surface area (TPSA) is 20.2 Å². The smallest absolute Gasteiger partial charge is 0.0764 e. The zero-order valence-corrected chi connectivity index (χ0v) is 8.59. The number of aliphatic hydroxyl groups is 1. The lowest BCUT2D eigenvalue weighted by Crippen LogP contribution is -1.98. The number of hydrogen-bond acceptors (Lipinski definition) is 1. The first-order valence-corrected chi connectivity index (χ1v) is 4.75. The quantitative estimate of drug-likeness (QED) is 0.530. The van der Waals surface area contributed by atoms with Crippen LogP contribution in [0.3, 0.4) is 0 Å². The molecule has 0 saturated carbocycles. The highest BCUT2D eigenvalue weighted by atomic mass is 16.3. The minimum atomic E-state index is -0.481. The van der Waals surface area contributed by atoms with Crippen molar-refractivity contribution in [1.29, 1.82) is 0 Å². The summed E-state index contributed by atoms with van der Waals surface area (Å²) in [5.74, 6) is 11.1. The second kappa shape index (κ2) is 9.65. The molecule has 0 aliphatic carbocycles. The maximum Gasteiger partial charge on any atom is 0.0764 e. The fourth-order valence-corrected chi connectivity index (χ4v) is 0.718. The third-order valence-corrected chi connectivity index (χ3v) is 1.41. The van der Waals surface area contributed by atoms with Crippen LogP contribution >= 0.6 is 0 Å². The predicted octanol–water partition coefficient (Wildman–Crippen LogP) is 2.29. The molecule has 0 rings (SSSR count). The van der Waals surface area contributed by atoms with Crippen molar-refractivity contribution in [2.75, 3.05) is 0 Å². The van der Waals surface area contributed by atoms with Crippen LogP contribution in [0.25, 0.3) is 0 Å². The maximum absolute atomic E-state index is 9.23. The molecule has 14 heavy (non-hydrogen) atoms. The molecule has 1 nitrogen and oxygen atoms in total. The van der Waals surface area contributed by atoms with E-state index in [2.05, 4.69) is 37.2 Å². The Morgan fingerprint density at radius 3 is 2.86 bits per heavy atom. The summed E-state index contributed by atoms with van der Waals surface area (Å²) in [4.78, 5) is 0. The van der Waals surface area contributed by atoms with Gasteiger partial charge in [0.05, 0.1) is 6.10 Å². The Hall–Kier alpha value is -1.44. The Morgan fingerprint density at radius 2 is 2.21 bits per heavy atom. The van der Waals surface area contributed by atoms with Gasteiger partial charge in [-0.15, -0.1) is 6.58 Å². The monoisotopic (exact) mass is 188 g/mol. The van der Waals surface area contributed by atoms with Crippen molar-refractivity contribution in [3.8, 4) is 23.7 Å². The Bertz CT molecular complexity index is 291. The van der Waals surface area contributed by atoms with Crippen molar-refractivity contribution in [1.82, 2.24) is 0 Å². The lowest BCUT2D eigenvalue weighted by atomic mass is 10.2. The van der Waals surface area contributed by atoms with E-state index < -0.39 is 6.10 Å². The average Bonchev–Trinajstić information content (AvgIpc) is 2.17. The summed E-state index contributed by atoms with van der Waals surface area (Å²) in [5, 5.41) is 9.23. The number of unbranched alkanes of at least 4 members (excludes halogenated alkanes) is 1. The van der Waals surface area contributed by atoms with E-state index in [0.29, 0.717) is 6.42 Å². The van der Waals surface area contributed by atoms with E-state index >= 15 is 0 Å². The van der Waals surface area contributed by atoms with Gasteiger partial charge in [0.1, 0.15) is 0 Å². The molecule has 1 atom stereocenters. The van der Waals surface area contributed by atoms with Crippen molar-refractivity contribution in [2.45, 2.75) is 32.3 Å². The summed E-state index contributed by atoms with van der Waals surface area (Å²) < 4.78 is 0. The fraction of sp³-hybridized carbons (Fsp3) is 0.385. The Balaban J connectivity index is 3.80. The molecule has 1 heteroatoms. The first kappa shape index (κ1) is 12.6. The second-order valence-electron chi connectivity index (χ2n) is 2.77. The Morgan fingerprint density at radius 1 is 1.43 bits per heavy atom. The fourth-order valence-electron chi connectivity index (χ4n) is 0.718. The molecule has 0 spiro atoms. The van der Waals surface area contributed by atoms with Gasteiger partial charge in [0, 0.05) is 6.42 Å². The summed E-state index contributed by atoms with van der Waals surface area (Å²) in [7, 11) is 0. The van der Waals surface area contributed by atoms with E-state index in [1.165, 1.54) is 0 Å². The molecule has 0 aromatic heterocycles. The summed E-state index contributed by atoms with van der Waals surface area (Å²) in [6.45, 7) is 5.60. The van der Waals surface area contributed by atoms with Crippen molar-refractivity contribution in [3.05, 3.63) is 24.8 Å². The first-order chi connectivity index (χ1) is 6.81. The van der Waals surface area contributed by atoms with E-state index in [4.69, 9.17) is 0 Å². The van der Waals surface area contributed by atoms with Crippen molar-refractivity contribution >= 4 is 0 Å². The molecule has 0 aromatic rings. The van der Waals surface area contributed by atoms with E-state index in [1.807, 2.05) is 0 Å². The van der Waals surface area contributed by atoms with Crippen LogP contribution in [0.1, 0.15) is 26.2 Å². The van der Waals surface area contributed by atoms with Gasteiger partial charge in [-0.3, -0.25) is 0 Å². The van der Waals surface area contributed by atoms with Crippen LogP contribution in [0.2, 0.25) is 0 Å². The summed E-state index contributed by atoms with van der Waals surface area (Å²) in [5.41, 5.74) is 0. The van der Waals surface area contributed by atoms with Gasteiger partial charge < -0.3 is 5.11 Å². The molecule has 0 radical (unpaired) electrons. The zero-order valence-electron chi connectivity index (χ0n) is 8.59. The number of rotatable bonds is 4. The molecule has 0 aromatic carbocycles. The van der Waals surface area contributed by atoms with Crippen LogP contribution in [0, 0.1) is 23.7 Å². The summed E-state index contributed by atoms with van der Waals surface area (Å²) in [6, 6.07) is 0. The molecule has 0 amide bonds. The standard InChI is InChI=1S/C13H16O/c1-3-5-6-7-8-9-10-12-13(14)11-4-2/h4,10,12-14H,2-3,5,11H2,1H3/b12-10+/t13-/m1/s1. The molecular formula is C13H16O. The van der Waals surface area contributed by atoms with Crippen LogP contribution in [0.15, 0.2) is 24.8 Å². The second-order valence-corrected chi connectivity index (χ2v) is 2.77. The number of hydrogen-bond donors (Lipinski definition) is 1. The lowest BCUT2D eigenvalue weighted by molar-refractivity contribution is 0.227. The average molecular weight is 188 g/mol. The van der Waals surface area contributed by atoms with Gasteiger partial charge in [0.2, 0.25) is 0 Å². The van der Waals surface area contributed by atoms with Gasteiger partial charge in [-0.2, -0.15) is 0 Å². The molecule has 1 N–H and O–H groups in total. The van der Waals surface area contributed by atoms with E-state index in [1.54, 1.807) is 18.2 Å². The highest BCUT2D eigenvalue weighted by Crippen LogP contribution is 1.92. The molecule has 0 heterocycles. The molecule has 0 bridgehead atoms. The van der Waals surface area contributed by atoms with Gasteiger partial charge in [-0.25, -0.2) is 0 Å². The van der Waals surface area contributed by atoms with Crippen LogP contribution in [-0.2, 0) is 0 Å². The SMILES string of the molecule is C=CC[C@@H](O)/C=C/C#CC#CCCC. The third-order valence-electron chi connectivity index (χ3n) is 1.41. The van der Waals surface area contributed by atoms with Crippen LogP contribution in [0.4, 0.5) is 0 Å². The van der Waals surface area contributed by atoms with E-state index in [-0.39, 0.29) is 0 Å². The van der Waals surface area contributed by atoms with E-state index in [9.17, 15) is 5.11 Å². The predicted molar refractivity (Wildman–Crippen MR) is 60.4 cm³/mol. The van der Waals surface area contributed by atoms with Gasteiger partial charge in [-0.05, 0) is 36.8 Å². The number of aliphatic hydroxyl groups excluding tert-OH is 1. The van der Waals surface area contributed by atoms with Gasteiger partial charge in [0.15, 0.2) is 0 Å². The van der Waals surface area contributed by atoms with Gasteiger partial charge in [-0.1, -0.05) is 24.8 Å². The van der Waals surface area contributed by atoms with Gasteiger partial charge >= 0.3 is 0 Å². The first-order valence-electron chi connectivity index (χ1n) is 4.75. The molecule has 0 aliphatic rings. The zero-order chi connectivity index (χ0) is 10.6. The lowest BCUT2D eigenvalue weighted by Gasteiger charge is -1.96. The maximum atomic E-state index is 9.23. The van der Waals surface area contributed by atoms with E-state index in [0.717, 1.165) is 12.8 Å². The molecule has 0 unspecified atom stereocenters. The minimum absolute atomic E-state index is 0.481. The third kappa shape index (κ3) is 8.65. The molecule has 74 valence electrons. The highest BCUT2D eigenvalue weighted by Gasteiger charge is 1.90. The normalized spacial score (nSPS) is 11.0.